The van der Waals surface area contributed by atoms with Gasteiger partial charge in [0.2, 0.25) is 0 Å². The van der Waals surface area contributed by atoms with Gasteiger partial charge in [-0.2, -0.15) is 0 Å². The Kier molecular flexibility index (Phi) is 9.45. The zero-order valence-corrected chi connectivity index (χ0v) is 14.1. The minimum Gasteiger partial charge on any atom is -0.379 e. The molecule has 0 aliphatic carbocycles. The third kappa shape index (κ3) is 7.98. The summed E-state index contributed by atoms with van der Waals surface area (Å²) < 4.78 is 37.0. The summed E-state index contributed by atoms with van der Waals surface area (Å²) in [6, 6.07) is 6.88. The summed E-state index contributed by atoms with van der Waals surface area (Å²) in [4.78, 5) is 0.296. The highest BCUT2D eigenvalue weighted by Gasteiger charge is 2.10. The van der Waals surface area contributed by atoms with E-state index in [0.717, 1.165) is 5.56 Å². The fourth-order valence-electron chi connectivity index (χ4n) is 1.75. The van der Waals surface area contributed by atoms with Crippen LogP contribution in [0.3, 0.4) is 0 Å². The van der Waals surface area contributed by atoms with Crippen LogP contribution in [0, 0.1) is 0 Å². The van der Waals surface area contributed by atoms with Gasteiger partial charge in [-0.25, -0.2) is 4.21 Å². The molecule has 5 nitrogen and oxygen atoms in total. The molecule has 0 saturated heterocycles. The third-order valence-corrected chi connectivity index (χ3v) is 4.24. The second kappa shape index (κ2) is 10.8. The maximum absolute atomic E-state index is 11.6. The molecular formula is C15H22O5S2. The van der Waals surface area contributed by atoms with Crippen LogP contribution in [-0.2, 0) is 40.6 Å². The lowest BCUT2D eigenvalue weighted by molar-refractivity contribution is 0.0201. The number of ether oxygens (including phenoxy) is 3. The Morgan fingerprint density at radius 1 is 1.09 bits per heavy atom. The van der Waals surface area contributed by atoms with Crippen molar-refractivity contribution in [3.05, 3.63) is 42.5 Å². The van der Waals surface area contributed by atoms with Gasteiger partial charge in [0.1, 0.15) is 0 Å². The predicted octanol–water partition coefficient (Wildman–Crippen LogP) is 2.04. The third-order valence-electron chi connectivity index (χ3n) is 2.75. The standard InChI is InChI=1S/C15H22O5S2/c1-2-8-18-10-12-20-13-11-19-9-7-14-5-3-4-6-15(14)22(16,17)21/h2-6H,1,7-13H2,(H,16,17,21). The van der Waals surface area contributed by atoms with Crippen molar-refractivity contribution in [1.29, 1.82) is 0 Å². The number of rotatable bonds is 12. The molecule has 0 aliphatic rings. The van der Waals surface area contributed by atoms with Crippen LogP contribution >= 0.6 is 0 Å². The minimum atomic E-state index is -3.36. The van der Waals surface area contributed by atoms with Gasteiger partial charge in [0.05, 0.1) is 44.5 Å². The Balaban J connectivity index is 2.17. The van der Waals surface area contributed by atoms with Gasteiger partial charge in [-0.05, 0) is 18.1 Å². The maximum Gasteiger partial charge on any atom is 0.171 e. The monoisotopic (exact) mass is 346 g/mol. The molecule has 1 aromatic carbocycles. The molecule has 0 aromatic heterocycles. The molecule has 0 spiro atoms. The molecule has 124 valence electrons. The lowest BCUT2D eigenvalue weighted by Gasteiger charge is -2.09. The second-order valence-electron chi connectivity index (χ2n) is 4.42. The van der Waals surface area contributed by atoms with Gasteiger partial charge in [0.15, 0.2) is 8.77 Å². The van der Waals surface area contributed by atoms with Crippen molar-refractivity contribution in [1.82, 2.24) is 0 Å². The van der Waals surface area contributed by atoms with Gasteiger partial charge in [-0.3, -0.25) is 0 Å². The van der Waals surface area contributed by atoms with E-state index in [0.29, 0.717) is 51.0 Å². The SMILES string of the molecule is C=CCOCCOCCOCCc1ccccc1S(=O)(O)=S. The van der Waals surface area contributed by atoms with E-state index in [1.165, 1.54) is 0 Å². The van der Waals surface area contributed by atoms with Gasteiger partial charge in [-0.15, -0.1) is 6.58 Å². The van der Waals surface area contributed by atoms with Crippen LogP contribution in [0.2, 0.25) is 0 Å². The lowest BCUT2D eigenvalue weighted by atomic mass is 10.2. The summed E-state index contributed by atoms with van der Waals surface area (Å²) in [7, 11) is -3.36. The van der Waals surface area contributed by atoms with Gasteiger partial charge >= 0.3 is 0 Å². The first-order valence-corrected chi connectivity index (χ1v) is 9.39. The Bertz CT molecular complexity index is 543. The van der Waals surface area contributed by atoms with Gasteiger partial charge in [0.25, 0.3) is 0 Å². The zero-order chi connectivity index (χ0) is 16.3. The molecule has 1 atom stereocenters. The maximum atomic E-state index is 11.6. The van der Waals surface area contributed by atoms with Crippen molar-refractivity contribution in [2.45, 2.75) is 11.3 Å². The Hall–Kier alpha value is -0.830. The first-order chi connectivity index (χ1) is 10.6. The van der Waals surface area contributed by atoms with Gasteiger partial charge < -0.3 is 18.8 Å². The first kappa shape index (κ1) is 19.2. The number of hydrogen-bond donors (Lipinski definition) is 1. The van der Waals surface area contributed by atoms with Crippen LogP contribution in [-0.4, -0.2) is 48.4 Å². The van der Waals surface area contributed by atoms with Gasteiger partial charge in [0, 0.05) is 11.2 Å². The summed E-state index contributed by atoms with van der Waals surface area (Å²) in [6.07, 6.45) is 2.22. The summed E-state index contributed by atoms with van der Waals surface area (Å²) in [6.45, 7) is 6.51. The van der Waals surface area contributed by atoms with E-state index in [1.807, 2.05) is 6.07 Å². The Labute approximate surface area is 136 Å². The van der Waals surface area contributed by atoms with Crippen LogP contribution in [0.1, 0.15) is 5.56 Å². The van der Waals surface area contributed by atoms with E-state index >= 15 is 0 Å². The van der Waals surface area contributed by atoms with E-state index in [9.17, 15) is 8.76 Å². The molecule has 1 rings (SSSR count). The number of hydrogen-bond acceptors (Lipinski definition) is 5. The molecule has 0 saturated carbocycles. The molecule has 0 aliphatic heterocycles. The van der Waals surface area contributed by atoms with Crippen LogP contribution in [0.25, 0.3) is 0 Å². The summed E-state index contributed by atoms with van der Waals surface area (Å²) >= 11 is 4.62. The highest BCUT2D eigenvalue weighted by Crippen LogP contribution is 2.15. The van der Waals surface area contributed by atoms with Crippen LogP contribution in [0.15, 0.2) is 41.8 Å². The Morgan fingerprint density at radius 3 is 2.32 bits per heavy atom. The molecule has 22 heavy (non-hydrogen) atoms. The lowest BCUT2D eigenvalue weighted by Crippen LogP contribution is -2.11. The topological polar surface area (TPSA) is 65.0 Å². The van der Waals surface area contributed by atoms with Crippen LogP contribution in [0.4, 0.5) is 0 Å². The van der Waals surface area contributed by atoms with Crippen molar-refractivity contribution in [3.63, 3.8) is 0 Å². The summed E-state index contributed by atoms with van der Waals surface area (Å²) in [5.41, 5.74) is 0.740. The molecule has 0 amide bonds. The zero-order valence-electron chi connectivity index (χ0n) is 12.4. The molecule has 0 fully saturated rings. The van der Waals surface area contributed by atoms with E-state index in [4.69, 9.17) is 14.2 Å². The highest BCUT2D eigenvalue weighted by atomic mass is 32.8. The van der Waals surface area contributed by atoms with E-state index in [-0.39, 0.29) is 0 Å². The van der Waals surface area contributed by atoms with E-state index < -0.39 is 8.77 Å². The van der Waals surface area contributed by atoms with Crippen molar-refractivity contribution in [2.75, 3.05) is 39.6 Å². The minimum absolute atomic E-state index is 0.296. The van der Waals surface area contributed by atoms with Crippen molar-refractivity contribution in [3.8, 4) is 0 Å². The predicted molar refractivity (Wildman–Crippen MR) is 89.2 cm³/mol. The molecule has 0 bridgehead atoms. The molecule has 0 heterocycles. The molecular weight excluding hydrogens is 324 g/mol. The van der Waals surface area contributed by atoms with Crippen molar-refractivity contribution < 1.29 is 23.0 Å². The average molecular weight is 346 g/mol. The average Bonchev–Trinajstić information content (AvgIpc) is 2.48. The van der Waals surface area contributed by atoms with Crippen molar-refractivity contribution in [2.24, 2.45) is 0 Å². The van der Waals surface area contributed by atoms with Crippen LogP contribution in [0.5, 0.6) is 0 Å². The number of benzene rings is 1. The van der Waals surface area contributed by atoms with Crippen LogP contribution < -0.4 is 0 Å². The summed E-state index contributed by atoms with van der Waals surface area (Å²) in [5.74, 6) is 0. The molecule has 1 aromatic rings. The Morgan fingerprint density at radius 2 is 1.68 bits per heavy atom. The molecule has 1 N–H and O–H groups in total. The quantitative estimate of drug-likeness (QED) is 0.462. The van der Waals surface area contributed by atoms with E-state index in [2.05, 4.69) is 17.8 Å². The first-order valence-electron chi connectivity index (χ1n) is 6.95. The second-order valence-corrected chi connectivity index (χ2v) is 7.17. The molecule has 7 heteroatoms. The van der Waals surface area contributed by atoms with Crippen molar-refractivity contribution >= 4 is 20.0 Å². The molecule has 0 radical (unpaired) electrons. The molecule has 1 unspecified atom stereocenters. The highest BCUT2D eigenvalue weighted by molar-refractivity contribution is 8.29. The smallest absolute Gasteiger partial charge is 0.171 e. The fourth-order valence-corrected chi connectivity index (χ4v) is 2.99. The summed E-state index contributed by atoms with van der Waals surface area (Å²) in [5, 5.41) is 0. The normalized spacial score (nSPS) is 13.7. The fraction of sp³-hybridized carbons (Fsp3) is 0.467. The largest absolute Gasteiger partial charge is 0.379 e. The van der Waals surface area contributed by atoms with Gasteiger partial charge in [-0.1, -0.05) is 24.3 Å². The van der Waals surface area contributed by atoms with E-state index in [1.54, 1.807) is 24.3 Å².